The Balaban J connectivity index is 2.15. The maximum absolute atomic E-state index is 13.6. The van der Waals surface area contributed by atoms with Crippen molar-refractivity contribution in [2.45, 2.75) is 25.4 Å². The number of nitrogens with two attached hydrogens (primary N) is 1. The molecule has 5 nitrogen and oxygen atoms in total. The summed E-state index contributed by atoms with van der Waals surface area (Å²) >= 11 is 0. The number of carbonyl (C=O) groups excluding carboxylic acids is 1. The number of aliphatic carboxylic acids is 1. The van der Waals surface area contributed by atoms with Gasteiger partial charge in [0.2, 0.25) is 5.91 Å². The number of hydrogen-bond donors (Lipinski definition) is 2. The van der Waals surface area contributed by atoms with E-state index in [1.54, 1.807) is 12.1 Å². The molecule has 1 aromatic rings. The van der Waals surface area contributed by atoms with Gasteiger partial charge in [0.1, 0.15) is 5.82 Å². The molecule has 0 aliphatic carbocycles. The van der Waals surface area contributed by atoms with Crippen molar-refractivity contribution in [3.05, 3.63) is 41.2 Å². The van der Waals surface area contributed by atoms with Crippen LogP contribution in [0, 0.1) is 5.82 Å². The zero-order chi connectivity index (χ0) is 15.4. The SMILES string of the molecule is NC(=O)C1CCCN1Cc1ccc(F)c(C=CC(=O)O)c1. The first-order valence-corrected chi connectivity index (χ1v) is 6.70. The summed E-state index contributed by atoms with van der Waals surface area (Å²) in [5, 5.41) is 8.59. The van der Waals surface area contributed by atoms with Gasteiger partial charge >= 0.3 is 5.97 Å². The Kier molecular flexibility index (Phi) is 4.70. The summed E-state index contributed by atoms with van der Waals surface area (Å²) in [5.41, 5.74) is 6.39. The second kappa shape index (κ2) is 6.49. The highest BCUT2D eigenvalue weighted by Crippen LogP contribution is 2.21. The molecule has 1 unspecified atom stereocenters. The van der Waals surface area contributed by atoms with Crippen LogP contribution in [0.1, 0.15) is 24.0 Å². The lowest BCUT2D eigenvalue weighted by atomic mass is 10.1. The molecule has 0 bridgehead atoms. The first kappa shape index (κ1) is 15.2. The van der Waals surface area contributed by atoms with Gasteiger partial charge in [-0.1, -0.05) is 6.07 Å². The van der Waals surface area contributed by atoms with Crippen LogP contribution in [-0.2, 0) is 16.1 Å². The number of nitrogens with zero attached hydrogens (tertiary/aromatic N) is 1. The highest BCUT2D eigenvalue weighted by atomic mass is 19.1. The fraction of sp³-hybridized carbons (Fsp3) is 0.333. The van der Waals surface area contributed by atoms with Crippen molar-refractivity contribution < 1.29 is 19.1 Å². The predicted molar refractivity (Wildman–Crippen MR) is 75.7 cm³/mol. The predicted octanol–water partition coefficient (Wildman–Crippen LogP) is 1.37. The Morgan fingerprint density at radius 1 is 1.48 bits per heavy atom. The number of carbonyl (C=O) groups is 2. The minimum absolute atomic E-state index is 0.213. The molecule has 1 fully saturated rings. The topological polar surface area (TPSA) is 83.6 Å². The average Bonchev–Trinajstić information content (AvgIpc) is 2.87. The average molecular weight is 292 g/mol. The molecular weight excluding hydrogens is 275 g/mol. The summed E-state index contributed by atoms with van der Waals surface area (Å²) in [6, 6.07) is 4.23. The number of benzene rings is 1. The van der Waals surface area contributed by atoms with Gasteiger partial charge < -0.3 is 10.8 Å². The molecule has 1 aromatic carbocycles. The van der Waals surface area contributed by atoms with E-state index in [9.17, 15) is 14.0 Å². The van der Waals surface area contributed by atoms with Gasteiger partial charge in [0.15, 0.2) is 0 Å². The number of carboxylic acid groups (broad SMARTS) is 1. The normalized spacial score (nSPS) is 19.2. The van der Waals surface area contributed by atoms with Crippen molar-refractivity contribution in [1.29, 1.82) is 0 Å². The van der Waals surface area contributed by atoms with Crippen LogP contribution in [0.5, 0.6) is 0 Å². The van der Waals surface area contributed by atoms with E-state index in [2.05, 4.69) is 0 Å². The van der Waals surface area contributed by atoms with Gasteiger partial charge in [0.25, 0.3) is 0 Å². The number of carboxylic acids is 1. The van der Waals surface area contributed by atoms with Crippen LogP contribution in [0.2, 0.25) is 0 Å². The second-order valence-corrected chi connectivity index (χ2v) is 5.06. The minimum atomic E-state index is -1.13. The smallest absolute Gasteiger partial charge is 0.328 e. The summed E-state index contributed by atoms with van der Waals surface area (Å²) in [5.74, 6) is -1.96. The number of likely N-dealkylation sites (tertiary alicyclic amines) is 1. The van der Waals surface area contributed by atoms with Gasteiger partial charge in [0.05, 0.1) is 6.04 Å². The molecule has 0 spiro atoms. The maximum Gasteiger partial charge on any atom is 0.328 e. The first-order chi connectivity index (χ1) is 9.97. The molecule has 1 amide bonds. The van der Waals surface area contributed by atoms with Crippen LogP contribution in [0.25, 0.3) is 6.08 Å². The zero-order valence-electron chi connectivity index (χ0n) is 11.5. The summed E-state index contributed by atoms with van der Waals surface area (Å²) in [6.07, 6.45) is 3.75. The van der Waals surface area contributed by atoms with Crippen LogP contribution in [0.3, 0.4) is 0 Å². The fourth-order valence-corrected chi connectivity index (χ4v) is 2.55. The second-order valence-electron chi connectivity index (χ2n) is 5.06. The van der Waals surface area contributed by atoms with Gasteiger partial charge in [0, 0.05) is 18.2 Å². The van der Waals surface area contributed by atoms with Crippen LogP contribution in [0.4, 0.5) is 4.39 Å². The van der Waals surface area contributed by atoms with Gasteiger partial charge in [-0.05, 0) is 43.2 Å². The molecule has 6 heteroatoms. The molecule has 112 valence electrons. The van der Waals surface area contributed by atoms with E-state index in [1.807, 2.05) is 4.90 Å². The summed E-state index contributed by atoms with van der Waals surface area (Å²) in [4.78, 5) is 23.8. The van der Waals surface area contributed by atoms with Gasteiger partial charge in [-0.2, -0.15) is 0 Å². The first-order valence-electron chi connectivity index (χ1n) is 6.70. The quantitative estimate of drug-likeness (QED) is 0.803. The molecule has 1 heterocycles. The Morgan fingerprint density at radius 3 is 2.90 bits per heavy atom. The van der Waals surface area contributed by atoms with E-state index in [0.29, 0.717) is 6.54 Å². The summed E-state index contributed by atoms with van der Waals surface area (Å²) < 4.78 is 13.6. The Labute approximate surface area is 121 Å². The number of amides is 1. The van der Waals surface area contributed by atoms with Crippen molar-refractivity contribution in [1.82, 2.24) is 4.90 Å². The lowest BCUT2D eigenvalue weighted by Crippen LogP contribution is -2.39. The Bertz CT molecular complexity index is 586. The van der Waals surface area contributed by atoms with Crippen LogP contribution < -0.4 is 5.73 Å². The number of halogens is 1. The molecule has 1 atom stereocenters. The van der Waals surface area contributed by atoms with Gasteiger partial charge in [-0.15, -0.1) is 0 Å². The van der Waals surface area contributed by atoms with Gasteiger partial charge in [-0.3, -0.25) is 9.69 Å². The van der Waals surface area contributed by atoms with Crippen LogP contribution >= 0.6 is 0 Å². The zero-order valence-corrected chi connectivity index (χ0v) is 11.5. The summed E-state index contributed by atoms with van der Waals surface area (Å²) in [6.45, 7) is 1.26. The van der Waals surface area contributed by atoms with Crippen LogP contribution in [0.15, 0.2) is 24.3 Å². The number of primary amides is 1. The molecule has 0 saturated carbocycles. The van der Waals surface area contributed by atoms with E-state index in [0.717, 1.165) is 31.0 Å². The van der Waals surface area contributed by atoms with E-state index in [4.69, 9.17) is 10.8 Å². The van der Waals surface area contributed by atoms with Crippen molar-refractivity contribution >= 4 is 18.0 Å². The minimum Gasteiger partial charge on any atom is -0.478 e. The molecule has 2 rings (SSSR count). The Hall–Kier alpha value is -2.21. The third-order valence-electron chi connectivity index (χ3n) is 3.54. The highest BCUT2D eigenvalue weighted by Gasteiger charge is 2.28. The molecule has 1 aliphatic rings. The number of hydrogen-bond acceptors (Lipinski definition) is 3. The monoisotopic (exact) mass is 292 g/mol. The standard InChI is InChI=1S/C15H17FN2O3/c16-12-5-3-10(8-11(12)4-6-14(19)20)9-18-7-1-2-13(18)15(17)21/h3-6,8,13H,1-2,7,9H2,(H2,17,21)(H,19,20). The van der Waals surface area contributed by atoms with Crippen molar-refractivity contribution in [3.8, 4) is 0 Å². The number of rotatable bonds is 5. The molecule has 21 heavy (non-hydrogen) atoms. The molecule has 1 saturated heterocycles. The van der Waals surface area contributed by atoms with Crippen molar-refractivity contribution in [2.24, 2.45) is 5.73 Å². The highest BCUT2D eigenvalue weighted by molar-refractivity contribution is 5.85. The largest absolute Gasteiger partial charge is 0.478 e. The molecule has 0 radical (unpaired) electrons. The maximum atomic E-state index is 13.6. The van der Waals surface area contributed by atoms with E-state index in [1.165, 1.54) is 12.1 Å². The van der Waals surface area contributed by atoms with E-state index in [-0.39, 0.29) is 17.5 Å². The Morgan fingerprint density at radius 2 is 2.24 bits per heavy atom. The van der Waals surface area contributed by atoms with E-state index < -0.39 is 11.8 Å². The molecule has 1 aliphatic heterocycles. The van der Waals surface area contributed by atoms with Gasteiger partial charge in [-0.25, -0.2) is 9.18 Å². The van der Waals surface area contributed by atoms with Crippen molar-refractivity contribution in [3.63, 3.8) is 0 Å². The third-order valence-corrected chi connectivity index (χ3v) is 3.54. The third kappa shape index (κ3) is 3.88. The van der Waals surface area contributed by atoms with Crippen molar-refractivity contribution in [2.75, 3.05) is 6.54 Å². The molecular formula is C15H17FN2O3. The fourth-order valence-electron chi connectivity index (χ4n) is 2.55. The lowest BCUT2D eigenvalue weighted by Gasteiger charge is -2.22. The molecule has 0 aromatic heterocycles. The van der Waals surface area contributed by atoms with Crippen LogP contribution in [-0.4, -0.2) is 34.5 Å². The molecule has 3 N–H and O–H groups in total. The lowest BCUT2D eigenvalue weighted by molar-refractivity contribution is -0.131. The van der Waals surface area contributed by atoms with E-state index >= 15 is 0 Å². The summed E-state index contributed by atoms with van der Waals surface area (Å²) in [7, 11) is 0.